The first kappa shape index (κ1) is 25.7. The number of amides is 2. The van der Waals surface area contributed by atoms with E-state index in [9.17, 15) is 9.59 Å². The van der Waals surface area contributed by atoms with Crippen LogP contribution >= 0.6 is 0 Å². The van der Waals surface area contributed by atoms with Crippen molar-refractivity contribution in [1.82, 2.24) is 20.5 Å². The molecule has 0 unspecified atom stereocenters. The Morgan fingerprint density at radius 1 is 1.00 bits per heavy atom. The van der Waals surface area contributed by atoms with Gasteiger partial charge in [0.2, 0.25) is 11.8 Å². The molecule has 0 bridgehead atoms. The topological polar surface area (TPSA) is 77.6 Å². The van der Waals surface area contributed by atoms with Crippen molar-refractivity contribution in [1.29, 1.82) is 0 Å². The van der Waals surface area contributed by atoms with Crippen molar-refractivity contribution in [2.45, 2.75) is 83.0 Å². The van der Waals surface area contributed by atoms with E-state index in [2.05, 4.69) is 51.9 Å². The Kier molecular flexibility index (Phi) is 8.08. The standard InChI is InChI=1S/C30H41N5O2/c1-21(31-2)29(36)33-28(23-10-4-3-5-11-23)30(37)35-17-8-13-26(35)24-14-16-32-27(19-24)34-18-15-22-9-6-7-12-25(22)20-34/h6-7,9,12,14,16,19,21,23,26,28,31H,3-5,8,10-11,13,15,17-18,20H2,1-2H3,(H,33,36)/t21-,26-,28-/m0/s1. The molecule has 2 N–H and O–H groups in total. The number of aromatic nitrogens is 1. The fourth-order valence-corrected chi connectivity index (χ4v) is 6.32. The summed E-state index contributed by atoms with van der Waals surface area (Å²) in [5, 5.41) is 6.16. The van der Waals surface area contributed by atoms with Crippen LogP contribution in [-0.4, -0.2) is 53.9 Å². The molecule has 2 aromatic rings. The first-order valence-electron chi connectivity index (χ1n) is 14.1. The zero-order valence-electron chi connectivity index (χ0n) is 22.3. The fraction of sp³-hybridized carbons (Fsp3) is 0.567. The van der Waals surface area contributed by atoms with E-state index in [-0.39, 0.29) is 29.8 Å². The van der Waals surface area contributed by atoms with E-state index in [1.807, 2.05) is 18.0 Å². The highest BCUT2D eigenvalue weighted by Crippen LogP contribution is 2.36. The van der Waals surface area contributed by atoms with Crippen LogP contribution in [0, 0.1) is 5.92 Å². The summed E-state index contributed by atoms with van der Waals surface area (Å²) >= 11 is 0. The number of benzene rings is 1. The van der Waals surface area contributed by atoms with Crippen LogP contribution in [-0.2, 0) is 22.6 Å². The van der Waals surface area contributed by atoms with E-state index in [1.54, 1.807) is 7.05 Å². The van der Waals surface area contributed by atoms with Crippen LogP contribution in [0.1, 0.15) is 74.6 Å². The molecule has 3 aliphatic rings. The van der Waals surface area contributed by atoms with Gasteiger partial charge < -0.3 is 20.4 Å². The summed E-state index contributed by atoms with van der Waals surface area (Å²) in [6.45, 7) is 4.38. The molecule has 0 radical (unpaired) electrons. The molecule has 7 heteroatoms. The Morgan fingerprint density at radius 3 is 2.57 bits per heavy atom. The number of pyridine rings is 1. The number of nitrogens with one attached hydrogen (secondary N) is 2. The zero-order chi connectivity index (χ0) is 25.8. The second-order valence-electron chi connectivity index (χ2n) is 11.0. The average Bonchev–Trinajstić information content (AvgIpc) is 3.45. The van der Waals surface area contributed by atoms with Gasteiger partial charge in [-0.05, 0) is 80.8 Å². The Hall–Kier alpha value is -2.93. The number of likely N-dealkylation sites (tertiary alicyclic amines) is 1. The van der Waals surface area contributed by atoms with E-state index in [0.29, 0.717) is 0 Å². The minimum absolute atomic E-state index is 0.0241. The molecule has 1 saturated carbocycles. The lowest BCUT2D eigenvalue weighted by Gasteiger charge is -2.36. The molecule has 7 nitrogen and oxygen atoms in total. The van der Waals surface area contributed by atoms with Crippen LogP contribution < -0.4 is 15.5 Å². The van der Waals surface area contributed by atoms with Gasteiger partial charge in [-0.25, -0.2) is 4.98 Å². The van der Waals surface area contributed by atoms with Crippen LogP contribution in [0.2, 0.25) is 0 Å². The monoisotopic (exact) mass is 503 g/mol. The lowest BCUT2D eigenvalue weighted by atomic mass is 9.83. The van der Waals surface area contributed by atoms with Crippen molar-refractivity contribution in [2.75, 3.05) is 25.0 Å². The number of hydrogen-bond acceptors (Lipinski definition) is 5. The van der Waals surface area contributed by atoms with Crippen molar-refractivity contribution >= 4 is 17.6 Å². The van der Waals surface area contributed by atoms with E-state index >= 15 is 0 Å². The molecule has 2 fully saturated rings. The third-order valence-electron chi connectivity index (χ3n) is 8.66. The number of fused-ring (bicyclic) bond motifs is 1. The van der Waals surface area contributed by atoms with Gasteiger partial charge in [0.15, 0.2) is 0 Å². The molecule has 1 aromatic heterocycles. The van der Waals surface area contributed by atoms with E-state index < -0.39 is 6.04 Å². The molecule has 37 heavy (non-hydrogen) atoms. The summed E-state index contributed by atoms with van der Waals surface area (Å²) in [6.07, 6.45) is 10.3. The molecule has 2 aliphatic heterocycles. The Bertz CT molecular complexity index is 1100. The highest BCUT2D eigenvalue weighted by atomic mass is 16.2. The molecule has 198 valence electrons. The van der Waals surface area contributed by atoms with Crippen LogP contribution in [0.4, 0.5) is 5.82 Å². The minimum Gasteiger partial charge on any atom is -0.352 e. The summed E-state index contributed by atoms with van der Waals surface area (Å²) in [7, 11) is 1.78. The minimum atomic E-state index is -0.455. The molecule has 1 aromatic carbocycles. The number of anilines is 1. The normalized spacial score (nSPS) is 21.8. The maximum atomic E-state index is 14.1. The Balaban J connectivity index is 1.35. The molecule has 3 heterocycles. The quantitative estimate of drug-likeness (QED) is 0.598. The van der Waals surface area contributed by atoms with E-state index in [4.69, 9.17) is 4.98 Å². The summed E-state index contributed by atoms with van der Waals surface area (Å²) in [5.74, 6) is 1.17. The third kappa shape index (κ3) is 5.66. The first-order chi connectivity index (χ1) is 18.0. The molecule has 1 aliphatic carbocycles. The third-order valence-corrected chi connectivity index (χ3v) is 8.66. The fourth-order valence-electron chi connectivity index (χ4n) is 6.32. The summed E-state index contributed by atoms with van der Waals surface area (Å²) in [5.41, 5.74) is 3.93. The van der Waals surface area contributed by atoms with Crippen LogP contribution in [0.5, 0.6) is 0 Å². The molecular weight excluding hydrogens is 462 g/mol. The Morgan fingerprint density at radius 2 is 1.78 bits per heavy atom. The Labute approximate surface area is 221 Å². The van der Waals surface area contributed by atoms with Gasteiger partial charge in [-0.2, -0.15) is 0 Å². The molecule has 1 saturated heterocycles. The van der Waals surface area contributed by atoms with Crippen LogP contribution in [0.15, 0.2) is 42.6 Å². The molecule has 0 spiro atoms. The summed E-state index contributed by atoms with van der Waals surface area (Å²) in [6, 6.07) is 12.1. The number of rotatable bonds is 7. The van der Waals surface area contributed by atoms with Gasteiger partial charge >= 0.3 is 0 Å². The number of hydrogen-bond donors (Lipinski definition) is 2. The van der Waals surface area contributed by atoms with Gasteiger partial charge in [-0.3, -0.25) is 9.59 Å². The SMILES string of the molecule is CN[C@@H](C)C(=O)N[C@H](C(=O)N1CCC[C@H]1c1ccnc(N2CCc3ccccc3C2)c1)C1CCCCC1. The first-order valence-corrected chi connectivity index (χ1v) is 14.1. The number of carbonyl (C=O) groups is 2. The van der Waals surface area contributed by atoms with Crippen molar-refractivity contribution in [3.05, 3.63) is 59.3 Å². The van der Waals surface area contributed by atoms with Gasteiger partial charge in [-0.15, -0.1) is 0 Å². The molecule has 3 atom stereocenters. The van der Waals surface area contributed by atoms with Crippen molar-refractivity contribution in [2.24, 2.45) is 5.92 Å². The number of carbonyl (C=O) groups excluding carboxylic acids is 2. The van der Waals surface area contributed by atoms with Gasteiger partial charge in [-0.1, -0.05) is 43.5 Å². The smallest absolute Gasteiger partial charge is 0.245 e. The second kappa shape index (κ2) is 11.6. The van der Waals surface area contributed by atoms with Crippen LogP contribution in [0.25, 0.3) is 0 Å². The van der Waals surface area contributed by atoms with Crippen molar-refractivity contribution < 1.29 is 9.59 Å². The van der Waals surface area contributed by atoms with Crippen molar-refractivity contribution in [3.8, 4) is 0 Å². The van der Waals surface area contributed by atoms with E-state index in [0.717, 1.165) is 76.0 Å². The second-order valence-corrected chi connectivity index (χ2v) is 11.0. The van der Waals surface area contributed by atoms with Crippen molar-refractivity contribution in [3.63, 3.8) is 0 Å². The van der Waals surface area contributed by atoms with Crippen LogP contribution in [0.3, 0.4) is 0 Å². The predicted octanol–water partition coefficient (Wildman–Crippen LogP) is 3.98. The van der Waals surface area contributed by atoms with Gasteiger partial charge in [0.25, 0.3) is 0 Å². The number of likely N-dealkylation sites (N-methyl/N-ethyl adjacent to an activating group) is 1. The van der Waals surface area contributed by atoms with E-state index in [1.165, 1.54) is 17.5 Å². The maximum absolute atomic E-state index is 14.1. The average molecular weight is 504 g/mol. The number of nitrogens with zero attached hydrogens (tertiary/aromatic N) is 3. The maximum Gasteiger partial charge on any atom is 0.245 e. The highest BCUT2D eigenvalue weighted by molar-refractivity contribution is 5.90. The predicted molar refractivity (Wildman–Crippen MR) is 146 cm³/mol. The van der Waals surface area contributed by atoms with Gasteiger partial charge in [0, 0.05) is 25.8 Å². The lowest BCUT2D eigenvalue weighted by molar-refractivity contribution is -0.139. The summed E-state index contributed by atoms with van der Waals surface area (Å²) < 4.78 is 0. The van der Waals surface area contributed by atoms with Gasteiger partial charge in [0.1, 0.15) is 11.9 Å². The molecule has 2 amide bonds. The largest absolute Gasteiger partial charge is 0.352 e. The summed E-state index contributed by atoms with van der Waals surface area (Å²) in [4.78, 5) is 36.0. The van der Waals surface area contributed by atoms with Gasteiger partial charge in [0.05, 0.1) is 12.1 Å². The highest BCUT2D eigenvalue weighted by Gasteiger charge is 2.39. The molecular formula is C30H41N5O2. The zero-order valence-corrected chi connectivity index (χ0v) is 22.3. The lowest BCUT2D eigenvalue weighted by Crippen LogP contribution is -2.55. The molecule has 5 rings (SSSR count).